The van der Waals surface area contributed by atoms with E-state index in [1.54, 1.807) is 28.9 Å². The summed E-state index contributed by atoms with van der Waals surface area (Å²) >= 11 is 0. The van der Waals surface area contributed by atoms with E-state index in [0.29, 0.717) is 18.0 Å². The first kappa shape index (κ1) is 17.0. The maximum Gasteiger partial charge on any atom is 0.221 e. The van der Waals surface area contributed by atoms with Gasteiger partial charge in [0, 0.05) is 18.3 Å². The van der Waals surface area contributed by atoms with Crippen LogP contribution >= 0.6 is 0 Å². The molecule has 0 bridgehead atoms. The van der Waals surface area contributed by atoms with Crippen molar-refractivity contribution in [3.05, 3.63) is 41.2 Å². The van der Waals surface area contributed by atoms with Crippen molar-refractivity contribution in [2.45, 2.75) is 40.3 Å². The molecule has 0 aliphatic rings. The first-order valence-electron chi connectivity index (χ1n) is 7.56. The SMILES string of the molecule is CC(=O)Nc1ccc(OCC(O)Cn2nc(C)c(C)c2C)cc1. The van der Waals surface area contributed by atoms with Crippen molar-refractivity contribution in [2.75, 3.05) is 11.9 Å². The van der Waals surface area contributed by atoms with Gasteiger partial charge in [-0.3, -0.25) is 9.48 Å². The van der Waals surface area contributed by atoms with Gasteiger partial charge >= 0.3 is 0 Å². The smallest absolute Gasteiger partial charge is 0.221 e. The Morgan fingerprint density at radius 2 is 1.96 bits per heavy atom. The Bertz CT molecular complexity index is 677. The molecule has 0 aliphatic heterocycles. The van der Waals surface area contributed by atoms with Gasteiger partial charge in [-0.15, -0.1) is 0 Å². The molecule has 23 heavy (non-hydrogen) atoms. The number of aliphatic hydroxyl groups is 1. The summed E-state index contributed by atoms with van der Waals surface area (Å²) < 4.78 is 7.38. The lowest BCUT2D eigenvalue weighted by atomic mass is 10.2. The number of rotatable bonds is 6. The molecule has 6 nitrogen and oxygen atoms in total. The highest BCUT2D eigenvalue weighted by Crippen LogP contribution is 2.16. The van der Waals surface area contributed by atoms with Crippen molar-refractivity contribution in [3.8, 4) is 5.75 Å². The summed E-state index contributed by atoms with van der Waals surface area (Å²) in [6.07, 6.45) is -0.651. The average Bonchev–Trinajstić information content (AvgIpc) is 2.73. The van der Waals surface area contributed by atoms with Gasteiger partial charge in [0.15, 0.2) is 0 Å². The maximum absolute atomic E-state index is 11.0. The van der Waals surface area contributed by atoms with Gasteiger partial charge in [0.05, 0.1) is 12.2 Å². The van der Waals surface area contributed by atoms with E-state index in [1.807, 2.05) is 20.8 Å². The molecular formula is C17H23N3O3. The van der Waals surface area contributed by atoms with Crippen molar-refractivity contribution in [1.29, 1.82) is 0 Å². The second-order valence-corrected chi connectivity index (χ2v) is 5.65. The lowest BCUT2D eigenvalue weighted by Gasteiger charge is -2.14. The van der Waals surface area contributed by atoms with Gasteiger partial charge in [0.1, 0.15) is 18.5 Å². The fourth-order valence-corrected chi connectivity index (χ4v) is 2.25. The summed E-state index contributed by atoms with van der Waals surface area (Å²) in [5.74, 6) is 0.525. The van der Waals surface area contributed by atoms with Crippen molar-refractivity contribution in [3.63, 3.8) is 0 Å². The fraction of sp³-hybridized carbons (Fsp3) is 0.412. The summed E-state index contributed by atoms with van der Waals surface area (Å²) in [4.78, 5) is 11.0. The van der Waals surface area contributed by atoms with Crippen LogP contribution in [0.5, 0.6) is 5.75 Å². The van der Waals surface area contributed by atoms with Crippen LogP contribution in [0.25, 0.3) is 0 Å². The van der Waals surface area contributed by atoms with Crippen LogP contribution in [0.15, 0.2) is 24.3 Å². The van der Waals surface area contributed by atoms with Crippen LogP contribution in [0.1, 0.15) is 23.9 Å². The van der Waals surface area contributed by atoms with Gasteiger partial charge in [-0.2, -0.15) is 5.10 Å². The number of aromatic nitrogens is 2. The van der Waals surface area contributed by atoms with Crippen LogP contribution in [-0.4, -0.2) is 33.5 Å². The van der Waals surface area contributed by atoms with Gasteiger partial charge in [0.25, 0.3) is 0 Å². The second kappa shape index (κ2) is 7.28. The molecule has 6 heteroatoms. The Kier molecular flexibility index (Phi) is 5.39. The topological polar surface area (TPSA) is 76.4 Å². The third-order valence-electron chi connectivity index (χ3n) is 3.74. The van der Waals surface area contributed by atoms with Crippen LogP contribution < -0.4 is 10.1 Å². The number of ether oxygens (including phenoxy) is 1. The molecule has 0 spiro atoms. The number of amides is 1. The predicted molar refractivity (Wildman–Crippen MR) is 88.7 cm³/mol. The number of nitrogens with zero attached hydrogens (tertiary/aromatic N) is 2. The molecule has 0 aliphatic carbocycles. The molecule has 0 saturated carbocycles. The highest BCUT2D eigenvalue weighted by Gasteiger charge is 2.12. The minimum Gasteiger partial charge on any atom is -0.491 e. The maximum atomic E-state index is 11.0. The van der Waals surface area contributed by atoms with E-state index in [4.69, 9.17) is 4.74 Å². The van der Waals surface area contributed by atoms with E-state index in [0.717, 1.165) is 17.0 Å². The molecule has 0 radical (unpaired) electrons. The van der Waals surface area contributed by atoms with E-state index >= 15 is 0 Å². The van der Waals surface area contributed by atoms with E-state index in [1.165, 1.54) is 6.92 Å². The van der Waals surface area contributed by atoms with Gasteiger partial charge in [-0.1, -0.05) is 0 Å². The monoisotopic (exact) mass is 317 g/mol. The number of anilines is 1. The van der Waals surface area contributed by atoms with E-state index in [9.17, 15) is 9.90 Å². The Labute approximate surface area is 136 Å². The van der Waals surface area contributed by atoms with Crippen LogP contribution in [0.3, 0.4) is 0 Å². The van der Waals surface area contributed by atoms with Gasteiger partial charge in [0.2, 0.25) is 5.91 Å². The molecule has 124 valence electrons. The number of aliphatic hydroxyl groups excluding tert-OH is 1. The van der Waals surface area contributed by atoms with Crippen molar-refractivity contribution < 1.29 is 14.6 Å². The number of nitrogens with one attached hydrogen (secondary N) is 1. The molecule has 1 atom stereocenters. The molecule has 1 amide bonds. The summed E-state index contributed by atoms with van der Waals surface area (Å²) in [5, 5.41) is 17.2. The summed E-state index contributed by atoms with van der Waals surface area (Å²) in [7, 11) is 0. The van der Waals surface area contributed by atoms with Crippen LogP contribution in [0, 0.1) is 20.8 Å². The van der Waals surface area contributed by atoms with Crippen LogP contribution in [0.4, 0.5) is 5.69 Å². The largest absolute Gasteiger partial charge is 0.491 e. The van der Waals surface area contributed by atoms with Crippen LogP contribution in [0.2, 0.25) is 0 Å². The van der Waals surface area contributed by atoms with Gasteiger partial charge in [-0.05, 0) is 50.6 Å². The second-order valence-electron chi connectivity index (χ2n) is 5.65. The zero-order valence-electron chi connectivity index (χ0n) is 14.0. The number of hydrogen-bond donors (Lipinski definition) is 2. The number of carbonyl (C=O) groups excluding carboxylic acids is 1. The van der Waals surface area contributed by atoms with Gasteiger partial charge in [-0.25, -0.2) is 0 Å². The molecule has 1 aromatic heterocycles. The molecule has 2 aromatic rings. The zero-order chi connectivity index (χ0) is 17.0. The predicted octanol–water partition coefficient (Wildman–Crippen LogP) is 2.21. The molecule has 1 heterocycles. The summed E-state index contributed by atoms with van der Waals surface area (Å²) in [5.41, 5.74) is 3.89. The minimum absolute atomic E-state index is 0.116. The first-order chi connectivity index (χ1) is 10.9. The number of carbonyl (C=O) groups is 1. The van der Waals surface area contributed by atoms with Gasteiger partial charge < -0.3 is 15.2 Å². The van der Waals surface area contributed by atoms with E-state index in [-0.39, 0.29) is 12.5 Å². The van der Waals surface area contributed by atoms with Crippen molar-refractivity contribution in [2.24, 2.45) is 0 Å². The molecule has 0 fully saturated rings. The van der Waals surface area contributed by atoms with E-state index < -0.39 is 6.10 Å². The number of aryl methyl sites for hydroxylation is 1. The Balaban J connectivity index is 1.87. The standard InChI is InChI=1S/C17H23N3O3/c1-11-12(2)19-20(13(11)3)9-16(22)10-23-17-7-5-15(6-8-17)18-14(4)21/h5-8,16,22H,9-10H2,1-4H3,(H,18,21). The highest BCUT2D eigenvalue weighted by atomic mass is 16.5. The quantitative estimate of drug-likeness (QED) is 0.856. The third kappa shape index (κ3) is 4.56. The van der Waals surface area contributed by atoms with Crippen LogP contribution in [-0.2, 0) is 11.3 Å². The van der Waals surface area contributed by atoms with Crippen molar-refractivity contribution in [1.82, 2.24) is 9.78 Å². The first-order valence-corrected chi connectivity index (χ1v) is 7.56. The zero-order valence-corrected chi connectivity index (χ0v) is 14.0. The highest BCUT2D eigenvalue weighted by molar-refractivity contribution is 5.88. The van der Waals surface area contributed by atoms with Crippen molar-refractivity contribution >= 4 is 11.6 Å². The average molecular weight is 317 g/mol. The molecule has 0 saturated heterocycles. The lowest BCUT2D eigenvalue weighted by Crippen LogP contribution is -2.24. The Hall–Kier alpha value is -2.34. The molecular weight excluding hydrogens is 294 g/mol. The normalized spacial score (nSPS) is 12.0. The Morgan fingerprint density at radius 1 is 1.30 bits per heavy atom. The molecule has 1 unspecified atom stereocenters. The summed E-state index contributed by atoms with van der Waals surface area (Å²) in [6.45, 7) is 8.00. The lowest BCUT2D eigenvalue weighted by molar-refractivity contribution is -0.114. The number of benzene rings is 1. The molecule has 1 aromatic carbocycles. The minimum atomic E-state index is -0.651. The molecule has 2 rings (SSSR count). The Morgan fingerprint density at radius 3 is 2.48 bits per heavy atom. The summed E-state index contributed by atoms with van der Waals surface area (Å²) in [6, 6.07) is 7.03. The molecule has 2 N–H and O–H groups in total. The number of hydrogen-bond acceptors (Lipinski definition) is 4. The fourth-order valence-electron chi connectivity index (χ4n) is 2.25. The van der Waals surface area contributed by atoms with E-state index in [2.05, 4.69) is 10.4 Å². The third-order valence-corrected chi connectivity index (χ3v) is 3.74.